The minimum atomic E-state index is -4.56. The molecule has 0 heterocycles. The van der Waals surface area contributed by atoms with Crippen molar-refractivity contribution < 1.29 is 35.9 Å². The summed E-state index contributed by atoms with van der Waals surface area (Å²) in [6.07, 6.45) is -5.96. The molecule has 0 spiro atoms. The van der Waals surface area contributed by atoms with Crippen molar-refractivity contribution in [3.63, 3.8) is 0 Å². The van der Waals surface area contributed by atoms with Crippen LogP contribution in [0.4, 0.5) is 17.6 Å². The molecule has 0 saturated heterocycles. The summed E-state index contributed by atoms with van der Waals surface area (Å²) in [5, 5.41) is 8.73. The number of carboxylic acid groups (broad SMARTS) is 1. The van der Waals surface area contributed by atoms with E-state index in [9.17, 15) is 30.8 Å². The van der Waals surface area contributed by atoms with Crippen molar-refractivity contribution in [3.8, 4) is 0 Å². The summed E-state index contributed by atoms with van der Waals surface area (Å²) in [5.41, 5.74) is -0.487. The molecule has 0 amide bonds. The maximum Gasteiger partial charge on any atom is 0.390 e. The van der Waals surface area contributed by atoms with E-state index in [1.165, 1.54) is 0 Å². The molecule has 1 aromatic rings. The van der Waals surface area contributed by atoms with Crippen LogP contribution >= 0.6 is 0 Å². The van der Waals surface area contributed by atoms with Crippen molar-refractivity contribution in [1.82, 2.24) is 4.31 Å². The molecule has 1 aromatic carbocycles. The quantitative estimate of drug-likeness (QED) is 0.840. The largest absolute Gasteiger partial charge is 0.478 e. The number of hydrogen-bond acceptors (Lipinski definition) is 3. The van der Waals surface area contributed by atoms with Gasteiger partial charge in [-0.15, -0.1) is 0 Å². The molecule has 1 N–H and O–H groups in total. The predicted octanol–water partition coefficient (Wildman–Crippen LogP) is 2.10. The zero-order chi connectivity index (χ0) is 16.4. The average Bonchev–Trinajstić information content (AvgIpc) is 2.34. The van der Waals surface area contributed by atoms with E-state index < -0.39 is 51.4 Å². The molecule has 0 saturated carbocycles. The minimum Gasteiger partial charge on any atom is -0.478 e. The van der Waals surface area contributed by atoms with Crippen LogP contribution in [0, 0.1) is 5.82 Å². The molecule has 0 aliphatic heterocycles. The number of halogens is 4. The Kier molecular flexibility index (Phi) is 4.95. The zero-order valence-electron chi connectivity index (χ0n) is 10.7. The van der Waals surface area contributed by atoms with Gasteiger partial charge in [-0.25, -0.2) is 21.9 Å². The number of rotatable bonds is 5. The number of aromatic carboxylic acids is 1. The fourth-order valence-corrected chi connectivity index (χ4v) is 2.66. The van der Waals surface area contributed by atoms with Gasteiger partial charge in [-0.2, -0.15) is 13.2 Å². The van der Waals surface area contributed by atoms with Gasteiger partial charge >= 0.3 is 12.1 Å². The third-order valence-corrected chi connectivity index (χ3v) is 4.45. The summed E-state index contributed by atoms with van der Waals surface area (Å²) in [6.45, 7) is -0.900. The topological polar surface area (TPSA) is 74.7 Å². The number of sulfonamides is 1. The Morgan fingerprint density at radius 1 is 1.33 bits per heavy atom. The third kappa shape index (κ3) is 4.39. The third-order valence-electron chi connectivity index (χ3n) is 2.58. The molecule has 0 aromatic heterocycles. The van der Waals surface area contributed by atoms with Gasteiger partial charge in [0.15, 0.2) is 0 Å². The van der Waals surface area contributed by atoms with Crippen LogP contribution in [0.1, 0.15) is 16.8 Å². The van der Waals surface area contributed by atoms with Crippen LogP contribution in [-0.4, -0.2) is 43.6 Å². The second-order valence-corrected chi connectivity index (χ2v) is 6.16. The lowest BCUT2D eigenvalue weighted by Crippen LogP contribution is -2.31. The van der Waals surface area contributed by atoms with Gasteiger partial charge in [0.25, 0.3) is 0 Å². The minimum absolute atomic E-state index is 0.324. The van der Waals surface area contributed by atoms with Crippen molar-refractivity contribution in [2.75, 3.05) is 13.6 Å². The van der Waals surface area contributed by atoms with Crippen molar-refractivity contribution in [2.24, 2.45) is 0 Å². The highest BCUT2D eigenvalue weighted by atomic mass is 32.2. The first-order valence-electron chi connectivity index (χ1n) is 5.51. The van der Waals surface area contributed by atoms with Crippen LogP contribution in [0.5, 0.6) is 0 Å². The molecular formula is C11H11F4NO4S. The molecular weight excluding hydrogens is 318 g/mol. The highest BCUT2D eigenvalue weighted by Gasteiger charge is 2.31. The van der Waals surface area contributed by atoms with E-state index in [-0.39, 0.29) is 0 Å². The number of carbonyl (C=O) groups is 1. The molecule has 0 atom stereocenters. The number of nitrogens with zero attached hydrogens (tertiary/aromatic N) is 1. The monoisotopic (exact) mass is 329 g/mol. The maximum absolute atomic E-state index is 13.5. The molecule has 5 nitrogen and oxygen atoms in total. The summed E-state index contributed by atoms with van der Waals surface area (Å²) in [7, 11) is -3.70. The highest BCUT2D eigenvalue weighted by molar-refractivity contribution is 7.89. The van der Waals surface area contributed by atoms with Crippen molar-refractivity contribution in [3.05, 3.63) is 29.6 Å². The normalized spacial score (nSPS) is 12.7. The van der Waals surface area contributed by atoms with Gasteiger partial charge in [-0.1, -0.05) is 0 Å². The Bertz CT molecular complexity index is 642. The van der Waals surface area contributed by atoms with Crippen LogP contribution in [0.25, 0.3) is 0 Å². The van der Waals surface area contributed by atoms with E-state index in [0.29, 0.717) is 16.4 Å². The van der Waals surface area contributed by atoms with Crippen LogP contribution in [-0.2, 0) is 10.0 Å². The van der Waals surface area contributed by atoms with Gasteiger partial charge in [0.05, 0.1) is 12.0 Å². The fraction of sp³-hybridized carbons (Fsp3) is 0.364. The number of benzene rings is 1. The fourth-order valence-electron chi connectivity index (χ4n) is 1.41. The number of hydrogen-bond donors (Lipinski definition) is 1. The van der Waals surface area contributed by atoms with Gasteiger partial charge in [0, 0.05) is 13.6 Å². The lowest BCUT2D eigenvalue weighted by Gasteiger charge is -2.18. The summed E-state index contributed by atoms with van der Waals surface area (Å²) < 4.78 is 74.1. The molecule has 10 heteroatoms. The highest BCUT2D eigenvalue weighted by Crippen LogP contribution is 2.24. The molecule has 0 bridgehead atoms. The molecule has 21 heavy (non-hydrogen) atoms. The lowest BCUT2D eigenvalue weighted by atomic mass is 10.2. The van der Waals surface area contributed by atoms with Gasteiger partial charge in [0.1, 0.15) is 10.7 Å². The van der Waals surface area contributed by atoms with Crippen LogP contribution in [0.3, 0.4) is 0 Å². The number of carboxylic acids is 1. The first kappa shape index (κ1) is 17.4. The maximum atomic E-state index is 13.5. The van der Waals surface area contributed by atoms with Crippen molar-refractivity contribution >= 4 is 16.0 Å². The Morgan fingerprint density at radius 3 is 2.38 bits per heavy atom. The molecule has 0 aliphatic carbocycles. The molecule has 0 aliphatic rings. The predicted molar refractivity (Wildman–Crippen MR) is 63.8 cm³/mol. The Labute approximate surface area is 117 Å². The molecule has 118 valence electrons. The molecule has 1 rings (SSSR count). The second kappa shape index (κ2) is 5.98. The smallest absolute Gasteiger partial charge is 0.390 e. The van der Waals surface area contributed by atoms with E-state index in [1.54, 1.807) is 0 Å². The average molecular weight is 329 g/mol. The lowest BCUT2D eigenvalue weighted by molar-refractivity contribution is -0.135. The number of alkyl halides is 3. The molecule has 0 fully saturated rings. The second-order valence-electron chi connectivity index (χ2n) is 4.14. The zero-order valence-corrected chi connectivity index (χ0v) is 11.5. The van der Waals surface area contributed by atoms with Crippen LogP contribution in [0.15, 0.2) is 23.1 Å². The Morgan fingerprint density at radius 2 is 1.90 bits per heavy atom. The van der Waals surface area contributed by atoms with Crippen molar-refractivity contribution in [1.29, 1.82) is 0 Å². The van der Waals surface area contributed by atoms with Gasteiger partial charge < -0.3 is 5.11 Å². The van der Waals surface area contributed by atoms with E-state index in [4.69, 9.17) is 5.11 Å². The van der Waals surface area contributed by atoms with Crippen molar-refractivity contribution in [2.45, 2.75) is 17.5 Å². The van der Waals surface area contributed by atoms with E-state index in [0.717, 1.165) is 13.1 Å². The first-order chi connectivity index (χ1) is 9.45. The van der Waals surface area contributed by atoms with Crippen LogP contribution < -0.4 is 0 Å². The van der Waals surface area contributed by atoms with E-state index >= 15 is 0 Å². The summed E-state index contributed by atoms with van der Waals surface area (Å²) in [5.74, 6) is -2.72. The van der Waals surface area contributed by atoms with E-state index in [1.807, 2.05) is 0 Å². The van der Waals surface area contributed by atoms with Crippen LogP contribution in [0.2, 0.25) is 0 Å². The summed E-state index contributed by atoms with van der Waals surface area (Å²) in [4.78, 5) is 9.76. The van der Waals surface area contributed by atoms with E-state index in [2.05, 4.69) is 0 Å². The first-order valence-corrected chi connectivity index (χ1v) is 6.95. The Balaban J connectivity index is 3.12. The van der Waals surface area contributed by atoms with Gasteiger partial charge in [0.2, 0.25) is 10.0 Å². The Hall–Kier alpha value is -1.68. The van der Waals surface area contributed by atoms with Gasteiger partial charge in [-0.3, -0.25) is 0 Å². The molecule has 0 unspecified atom stereocenters. The van der Waals surface area contributed by atoms with Gasteiger partial charge in [-0.05, 0) is 18.2 Å². The standard InChI is InChI=1S/C11H11F4NO4S/c1-16(5-4-11(13,14)15)21(19,20)9-6-7(10(17)18)2-3-8(9)12/h2-3,6H,4-5H2,1H3,(H,17,18). The molecule has 0 radical (unpaired) electrons. The SMILES string of the molecule is CN(CCC(F)(F)F)S(=O)(=O)c1cc(C(=O)O)ccc1F. The summed E-state index contributed by atoms with van der Waals surface area (Å²) >= 11 is 0. The summed E-state index contributed by atoms with van der Waals surface area (Å²) in [6, 6.07) is 2.05.